The summed E-state index contributed by atoms with van der Waals surface area (Å²) in [4.78, 5) is 13.6. The number of piperidine rings is 1. The molecular weight excluding hydrogens is 314 g/mol. The van der Waals surface area contributed by atoms with Gasteiger partial charge in [-0.3, -0.25) is 4.79 Å². The highest BCUT2D eigenvalue weighted by Crippen LogP contribution is 2.17. The first-order valence-corrected chi connectivity index (χ1v) is 9.51. The van der Waals surface area contributed by atoms with Crippen molar-refractivity contribution in [1.29, 1.82) is 0 Å². The van der Waals surface area contributed by atoms with Crippen molar-refractivity contribution in [3.8, 4) is 0 Å². The van der Waals surface area contributed by atoms with Gasteiger partial charge in [0.2, 0.25) is 15.9 Å². The van der Waals surface area contributed by atoms with Crippen molar-refractivity contribution in [3.63, 3.8) is 0 Å². The molecular formula is C16H25N3O3S. The summed E-state index contributed by atoms with van der Waals surface area (Å²) in [6, 6.07) is 6.21. The van der Waals surface area contributed by atoms with Crippen LogP contribution in [0.15, 0.2) is 29.2 Å². The van der Waals surface area contributed by atoms with Gasteiger partial charge in [-0.25, -0.2) is 13.1 Å². The van der Waals surface area contributed by atoms with Gasteiger partial charge < -0.3 is 10.2 Å². The molecule has 1 saturated heterocycles. The van der Waals surface area contributed by atoms with Crippen LogP contribution in [-0.4, -0.2) is 44.9 Å². The first-order chi connectivity index (χ1) is 10.9. The summed E-state index contributed by atoms with van der Waals surface area (Å²) in [5, 5.41) is 2.62. The second kappa shape index (κ2) is 7.90. The van der Waals surface area contributed by atoms with Gasteiger partial charge in [0.25, 0.3) is 0 Å². The van der Waals surface area contributed by atoms with Crippen molar-refractivity contribution in [2.24, 2.45) is 0 Å². The molecule has 0 aliphatic carbocycles. The highest BCUT2D eigenvalue weighted by Gasteiger charge is 2.24. The number of sulfonamides is 1. The molecule has 1 heterocycles. The van der Waals surface area contributed by atoms with Gasteiger partial charge >= 0.3 is 0 Å². The molecule has 6 nitrogen and oxygen atoms in total. The minimum Gasteiger partial charge on any atom is -0.326 e. The Morgan fingerprint density at radius 2 is 1.83 bits per heavy atom. The van der Waals surface area contributed by atoms with Crippen molar-refractivity contribution >= 4 is 21.6 Å². The number of hydrogen-bond donors (Lipinski definition) is 2. The van der Waals surface area contributed by atoms with Crippen LogP contribution in [0.5, 0.6) is 0 Å². The summed E-state index contributed by atoms with van der Waals surface area (Å²) in [7, 11) is -3.52. The summed E-state index contributed by atoms with van der Waals surface area (Å²) >= 11 is 0. The Kier molecular flexibility index (Phi) is 6.15. The first-order valence-electron chi connectivity index (χ1n) is 8.03. The highest BCUT2D eigenvalue weighted by atomic mass is 32.2. The molecule has 0 spiro atoms. The predicted octanol–water partition coefficient (Wildman–Crippen LogP) is 1.80. The zero-order valence-corrected chi connectivity index (χ0v) is 14.5. The number of carbonyl (C=O) groups is 1. The Morgan fingerprint density at radius 3 is 2.35 bits per heavy atom. The van der Waals surface area contributed by atoms with Gasteiger partial charge in [-0.05, 0) is 63.2 Å². The van der Waals surface area contributed by atoms with Gasteiger partial charge in [-0.2, -0.15) is 0 Å². The third-order valence-electron chi connectivity index (χ3n) is 3.93. The number of likely N-dealkylation sites (tertiary alicyclic amines) is 1. The summed E-state index contributed by atoms with van der Waals surface area (Å²) in [6.07, 6.45) is 2.80. The number of amides is 1. The van der Waals surface area contributed by atoms with Crippen LogP contribution in [0.25, 0.3) is 0 Å². The Morgan fingerprint density at radius 1 is 1.22 bits per heavy atom. The van der Waals surface area contributed by atoms with E-state index in [1.165, 1.54) is 19.1 Å². The SMILES string of the molecule is CCCN1CCC(NS(=O)(=O)c2ccc(NC(C)=O)cc2)CC1. The van der Waals surface area contributed by atoms with Crippen molar-refractivity contribution in [1.82, 2.24) is 9.62 Å². The van der Waals surface area contributed by atoms with Gasteiger partial charge in [0.1, 0.15) is 0 Å². The van der Waals surface area contributed by atoms with Gasteiger partial charge in [-0.1, -0.05) is 6.92 Å². The van der Waals surface area contributed by atoms with Gasteiger partial charge in [0.15, 0.2) is 0 Å². The molecule has 2 rings (SSSR count). The van der Waals surface area contributed by atoms with Crippen molar-refractivity contribution in [2.75, 3.05) is 25.0 Å². The summed E-state index contributed by atoms with van der Waals surface area (Å²) in [6.45, 7) is 6.51. The quantitative estimate of drug-likeness (QED) is 0.828. The van der Waals surface area contributed by atoms with E-state index >= 15 is 0 Å². The third-order valence-corrected chi connectivity index (χ3v) is 5.47. The largest absolute Gasteiger partial charge is 0.326 e. The number of nitrogens with zero attached hydrogens (tertiary/aromatic N) is 1. The number of benzene rings is 1. The van der Waals surface area contributed by atoms with E-state index in [-0.39, 0.29) is 16.8 Å². The highest BCUT2D eigenvalue weighted by molar-refractivity contribution is 7.89. The molecule has 2 N–H and O–H groups in total. The van der Waals surface area contributed by atoms with Crippen LogP contribution in [0.4, 0.5) is 5.69 Å². The summed E-state index contributed by atoms with van der Waals surface area (Å²) < 4.78 is 27.7. The van der Waals surface area contributed by atoms with Crippen LogP contribution in [0, 0.1) is 0 Å². The van der Waals surface area contributed by atoms with Crippen LogP contribution >= 0.6 is 0 Å². The lowest BCUT2D eigenvalue weighted by Gasteiger charge is -2.31. The zero-order chi connectivity index (χ0) is 16.9. The van der Waals surface area contributed by atoms with E-state index in [0.717, 1.165) is 38.9 Å². The molecule has 1 fully saturated rings. The molecule has 1 aromatic carbocycles. The van der Waals surface area contributed by atoms with E-state index in [1.807, 2.05) is 0 Å². The minimum atomic E-state index is -3.52. The topological polar surface area (TPSA) is 78.5 Å². The van der Waals surface area contributed by atoms with Gasteiger partial charge in [0.05, 0.1) is 4.90 Å². The van der Waals surface area contributed by atoms with Crippen molar-refractivity contribution < 1.29 is 13.2 Å². The standard InChI is InChI=1S/C16H25N3O3S/c1-3-10-19-11-8-15(9-12-19)18-23(21,22)16-6-4-14(5-7-16)17-13(2)20/h4-7,15,18H,3,8-12H2,1-2H3,(H,17,20). The molecule has 1 aromatic rings. The number of nitrogens with one attached hydrogen (secondary N) is 2. The van der Waals surface area contributed by atoms with Gasteiger partial charge in [-0.15, -0.1) is 0 Å². The molecule has 1 aliphatic heterocycles. The maximum Gasteiger partial charge on any atom is 0.240 e. The van der Waals surface area contributed by atoms with Crippen molar-refractivity contribution in [2.45, 2.75) is 44.0 Å². The van der Waals surface area contributed by atoms with Crippen LogP contribution in [0.1, 0.15) is 33.1 Å². The fourth-order valence-corrected chi connectivity index (χ4v) is 4.10. The average molecular weight is 339 g/mol. The molecule has 0 atom stereocenters. The van der Waals surface area contributed by atoms with E-state index in [4.69, 9.17) is 0 Å². The Labute approximate surface area is 138 Å². The summed E-state index contributed by atoms with van der Waals surface area (Å²) in [5.74, 6) is -0.183. The zero-order valence-electron chi connectivity index (χ0n) is 13.7. The number of anilines is 1. The van der Waals surface area contributed by atoms with Crippen LogP contribution in [0.2, 0.25) is 0 Å². The second-order valence-corrected chi connectivity index (χ2v) is 7.66. The third kappa shape index (κ3) is 5.30. The van der Waals surface area contributed by atoms with Gasteiger partial charge in [0, 0.05) is 18.7 Å². The maximum absolute atomic E-state index is 12.4. The van der Waals surface area contributed by atoms with Crippen LogP contribution in [-0.2, 0) is 14.8 Å². The molecule has 7 heteroatoms. The first kappa shape index (κ1) is 17.9. The molecule has 0 saturated carbocycles. The normalized spacial score (nSPS) is 17.1. The molecule has 23 heavy (non-hydrogen) atoms. The molecule has 1 amide bonds. The fourth-order valence-electron chi connectivity index (χ4n) is 2.80. The Bertz CT molecular complexity index is 620. The van der Waals surface area contributed by atoms with Crippen molar-refractivity contribution in [3.05, 3.63) is 24.3 Å². The lowest BCUT2D eigenvalue weighted by atomic mass is 10.1. The Balaban J connectivity index is 1.95. The maximum atomic E-state index is 12.4. The minimum absolute atomic E-state index is 0.0110. The van der Waals surface area contributed by atoms with E-state index in [2.05, 4.69) is 21.9 Å². The van der Waals surface area contributed by atoms with E-state index in [0.29, 0.717) is 5.69 Å². The number of rotatable bonds is 6. The average Bonchev–Trinajstić information content (AvgIpc) is 2.49. The summed E-state index contributed by atoms with van der Waals surface area (Å²) in [5.41, 5.74) is 0.587. The van der Waals surface area contributed by atoms with Crippen LogP contribution in [0.3, 0.4) is 0 Å². The molecule has 0 bridgehead atoms. The predicted molar refractivity (Wildman–Crippen MR) is 90.8 cm³/mol. The van der Waals surface area contributed by atoms with Crippen LogP contribution < -0.4 is 10.0 Å². The number of hydrogen-bond acceptors (Lipinski definition) is 4. The second-order valence-electron chi connectivity index (χ2n) is 5.94. The monoisotopic (exact) mass is 339 g/mol. The molecule has 128 valence electrons. The molecule has 0 aromatic heterocycles. The Hall–Kier alpha value is -1.44. The van der Waals surface area contributed by atoms with E-state index in [1.54, 1.807) is 12.1 Å². The lowest BCUT2D eigenvalue weighted by Crippen LogP contribution is -2.44. The fraction of sp³-hybridized carbons (Fsp3) is 0.562. The van der Waals surface area contributed by atoms with E-state index < -0.39 is 10.0 Å². The molecule has 1 aliphatic rings. The molecule has 0 unspecified atom stereocenters. The molecule has 0 radical (unpaired) electrons. The lowest BCUT2D eigenvalue weighted by molar-refractivity contribution is -0.114. The van der Waals surface area contributed by atoms with E-state index in [9.17, 15) is 13.2 Å². The number of carbonyl (C=O) groups excluding carboxylic acids is 1. The smallest absolute Gasteiger partial charge is 0.240 e.